The molecule has 1 aliphatic heterocycles. The second-order valence-electron chi connectivity index (χ2n) is 7.35. The van der Waals surface area contributed by atoms with E-state index in [1.165, 1.54) is 13.2 Å². The Morgan fingerprint density at radius 2 is 2.04 bits per heavy atom. The topological polar surface area (TPSA) is 64.8 Å². The molecule has 2 N–H and O–H groups in total. The van der Waals surface area contributed by atoms with Crippen LogP contribution in [0.15, 0.2) is 18.2 Å². The maximum atomic E-state index is 12.5. The molecule has 1 amide bonds. The van der Waals surface area contributed by atoms with Crippen molar-refractivity contribution in [3.8, 4) is 11.5 Å². The molecule has 1 saturated carbocycles. The average molecular weight is 386 g/mol. The number of benzene rings is 1. The van der Waals surface area contributed by atoms with Crippen LogP contribution in [0, 0.1) is 11.8 Å². The average Bonchev–Trinajstić information content (AvgIpc) is 3.19. The van der Waals surface area contributed by atoms with Crippen molar-refractivity contribution in [2.24, 2.45) is 17.6 Å². The van der Waals surface area contributed by atoms with Gasteiger partial charge in [-0.05, 0) is 48.8 Å². The summed E-state index contributed by atoms with van der Waals surface area (Å²) in [6.45, 7) is 0.142. The van der Waals surface area contributed by atoms with Crippen LogP contribution in [-0.4, -0.2) is 49.8 Å². The first-order valence-electron chi connectivity index (χ1n) is 9.16. The van der Waals surface area contributed by atoms with Crippen molar-refractivity contribution in [3.63, 3.8) is 0 Å². The summed E-state index contributed by atoms with van der Waals surface area (Å²) in [7, 11) is 1.37. The smallest absolute Gasteiger partial charge is 0.422 e. The molecule has 1 aromatic rings. The first-order chi connectivity index (χ1) is 12.8. The number of ether oxygens (including phenoxy) is 2. The zero-order valence-corrected chi connectivity index (χ0v) is 15.3. The van der Waals surface area contributed by atoms with Gasteiger partial charge in [-0.3, -0.25) is 4.79 Å². The number of methoxy groups -OCH3 is 1. The predicted molar refractivity (Wildman–Crippen MR) is 93.6 cm³/mol. The molecule has 1 aromatic carbocycles. The van der Waals surface area contributed by atoms with Gasteiger partial charge in [-0.15, -0.1) is 0 Å². The summed E-state index contributed by atoms with van der Waals surface area (Å²) in [5, 5.41) is 0. The lowest BCUT2D eigenvalue weighted by Gasteiger charge is -2.19. The van der Waals surface area contributed by atoms with Gasteiger partial charge in [-0.25, -0.2) is 0 Å². The molecule has 2 aliphatic rings. The Kier molecular flexibility index (Phi) is 5.83. The normalized spacial score (nSPS) is 24.8. The molecule has 0 bridgehead atoms. The minimum absolute atomic E-state index is 0.0336. The summed E-state index contributed by atoms with van der Waals surface area (Å²) in [6.07, 6.45) is -1.44. The molecular formula is C19H25F3N2O3. The van der Waals surface area contributed by atoms with Crippen LogP contribution < -0.4 is 15.2 Å². The number of likely N-dealkylation sites (tertiary alicyclic amines) is 1. The molecule has 3 atom stereocenters. The van der Waals surface area contributed by atoms with E-state index in [1.54, 1.807) is 12.1 Å². The number of carbonyl (C=O) groups is 1. The second kappa shape index (κ2) is 7.96. The van der Waals surface area contributed by atoms with Gasteiger partial charge in [0.1, 0.15) is 0 Å². The lowest BCUT2D eigenvalue weighted by Crippen LogP contribution is -2.33. The molecule has 1 saturated heterocycles. The minimum Gasteiger partial charge on any atom is -0.493 e. The summed E-state index contributed by atoms with van der Waals surface area (Å²) in [6, 6.07) is 4.93. The van der Waals surface area contributed by atoms with Crippen LogP contribution in [0.4, 0.5) is 13.2 Å². The predicted octanol–water partition coefficient (Wildman–Crippen LogP) is 2.76. The molecule has 8 heteroatoms. The number of aryl methyl sites for hydroxylation is 1. The van der Waals surface area contributed by atoms with E-state index in [1.807, 2.05) is 4.90 Å². The van der Waals surface area contributed by atoms with Crippen LogP contribution in [0.1, 0.15) is 24.8 Å². The van der Waals surface area contributed by atoms with Crippen LogP contribution in [-0.2, 0) is 11.2 Å². The van der Waals surface area contributed by atoms with Gasteiger partial charge in [-0.2, -0.15) is 13.2 Å². The molecule has 3 rings (SSSR count). The maximum Gasteiger partial charge on any atom is 0.422 e. The number of carbonyl (C=O) groups excluding carboxylic acids is 1. The van der Waals surface area contributed by atoms with E-state index in [2.05, 4.69) is 0 Å². The van der Waals surface area contributed by atoms with E-state index in [0.717, 1.165) is 31.5 Å². The Morgan fingerprint density at radius 1 is 1.26 bits per heavy atom. The van der Waals surface area contributed by atoms with Gasteiger partial charge in [0.2, 0.25) is 5.91 Å². The van der Waals surface area contributed by atoms with Crippen LogP contribution in [0.5, 0.6) is 11.5 Å². The summed E-state index contributed by atoms with van der Waals surface area (Å²) in [5.74, 6) is 1.29. The lowest BCUT2D eigenvalue weighted by molar-refractivity contribution is -0.153. The highest BCUT2D eigenvalue weighted by Crippen LogP contribution is 2.37. The zero-order chi connectivity index (χ0) is 19.6. The van der Waals surface area contributed by atoms with Crippen molar-refractivity contribution < 1.29 is 27.4 Å². The Labute approximate surface area is 156 Å². The number of rotatable bonds is 6. The fourth-order valence-electron chi connectivity index (χ4n) is 4.07. The van der Waals surface area contributed by atoms with Gasteiger partial charge in [0.05, 0.1) is 7.11 Å². The number of halogens is 3. The van der Waals surface area contributed by atoms with Crippen LogP contribution >= 0.6 is 0 Å². The number of nitrogens with two attached hydrogens (primary N) is 1. The third-order valence-corrected chi connectivity index (χ3v) is 5.51. The van der Waals surface area contributed by atoms with Crippen molar-refractivity contribution >= 4 is 5.91 Å². The molecule has 150 valence electrons. The zero-order valence-electron chi connectivity index (χ0n) is 15.3. The number of fused-ring (bicyclic) bond motifs is 1. The molecule has 3 unspecified atom stereocenters. The summed E-state index contributed by atoms with van der Waals surface area (Å²) >= 11 is 0. The minimum atomic E-state index is -4.41. The Morgan fingerprint density at radius 3 is 2.70 bits per heavy atom. The molecule has 27 heavy (non-hydrogen) atoms. The number of hydrogen-bond acceptors (Lipinski definition) is 4. The van der Waals surface area contributed by atoms with E-state index < -0.39 is 12.8 Å². The van der Waals surface area contributed by atoms with Crippen LogP contribution in [0.3, 0.4) is 0 Å². The Hall–Kier alpha value is -1.96. The first-order valence-corrected chi connectivity index (χ1v) is 9.16. The number of amides is 1. The molecule has 5 nitrogen and oxygen atoms in total. The first kappa shape index (κ1) is 19.8. The molecular weight excluding hydrogens is 361 g/mol. The van der Waals surface area contributed by atoms with Crippen LogP contribution in [0.2, 0.25) is 0 Å². The van der Waals surface area contributed by atoms with Crippen molar-refractivity contribution in [1.82, 2.24) is 4.90 Å². The van der Waals surface area contributed by atoms with Crippen molar-refractivity contribution in [1.29, 1.82) is 0 Å². The maximum absolute atomic E-state index is 12.5. The molecule has 0 spiro atoms. The van der Waals surface area contributed by atoms with Gasteiger partial charge in [0, 0.05) is 25.6 Å². The van der Waals surface area contributed by atoms with Gasteiger partial charge in [-0.1, -0.05) is 6.07 Å². The molecule has 0 radical (unpaired) electrons. The van der Waals surface area contributed by atoms with E-state index in [4.69, 9.17) is 15.2 Å². The second-order valence-corrected chi connectivity index (χ2v) is 7.35. The summed E-state index contributed by atoms with van der Waals surface area (Å²) < 4.78 is 46.8. The molecule has 0 aromatic heterocycles. The largest absolute Gasteiger partial charge is 0.493 e. The van der Waals surface area contributed by atoms with E-state index in [-0.39, 0.29) is 23.4 Å². The number of hydrogen-bond donors (Lipinski definition) is 1. The fraction of sp³-hybridized carbons (Fsp3) is 0.632. The quantitative estimate of drug-likeness (QED) is 0.817. The SMILES string of the molecule is COc1cc(CCC(=O)N2CC3CCC(N)C3C2)ccc1OCC(F)(F)F. The van der Waals surface area contributed by atoms with E-state index in [0.29, 0.717) is 24.7 Å². The van der Waals surface area contributed by atoms with Crippen molar-refractivity contribution in [2.75, 3.05) is 26.8 Å². The molecule has 1 aliphatic carbocycles. The van der Waals surface area contributed by atoms with Crippen LogP contribution in [0.25, 0.3) is 0 Å². The van der Waals surface area contributed by atoms with E-state index in [9.17, 15) is 18.0 Å². The van der Waals surface area contributed by atoms with Gasteiger partial charge < -0.3 is 20.1 Å². The third kappa shape index (κ3) is 4.86. The number of nitrogens with zero attached hydrogens (tertiary/aromatic N) is 1. The van der Waals surface area contributed by atoms with Gasteiger partial charge in [0.15, 0.2) is 18.1 Å². The lowest BCUT2D eigenvalue weighted by atomic mass is 9.98. The highest BCUT2D eigenvalue weighted by molar-refractivity contribution is 5.77. The van der Waals surface area contributed by atoms with Gasteiger partial charge >= 0.3 is 6.18 Å². The van der Waals surface area contributed by atoms with Gasteiger partial charge in [0.25, 0.3) is 0 Å². The fourth-order valence-corrected chi connectivity index (χ4v) is 4.07. The van der Waals surface area contributed by atoms with E-state index >= 15 is 0 Å². The summed E-state index contributed by atoms with van der Waals surface area (Å²) in [4.78, 5) is 14.4. The number of alkyl halides is 3. The summed E-state index contributed by atoms with van der Waals surface area (Å²) in [5.41, 5.74) is 6.93. The Balaban J connectivity index is 1.54. The molecule has 2 fully saturated rings. The highest BCUT2D eigenvalue weighted by atomic mass is 19.4. The van der Waals surface area contributed by atoms with Crippen molar-refractivity contribution in [2.45, 2.75) is 37.9 Å². The molecule has 1 heterocycles. The Bertz CT molecular complexity index is 681. The standard InChI is InChI=1S/C19H25F3N2O3/c1-26-17-8-12(2-6-16(17)27-11-19(20,21)22)3-7-18(25)24-9-13-4-5-15(23)14(13)10-24/h2,6,8,13-15H,3-5,7,9-11,23H2,1H3. The monoisotopic (exact) mass is 386 g/mol. The third-order valence-electron chi connectivity index (χ3n) is 5.51. The highest BCUT2D eigenvalue weighted by Gasteiger charge is 2.42. The van der Waals surface area contributed by atoms with Crippen molar-refractivity contribution in [3.05, 3.63) is 23.8 Å².